The van der Waals surface area contributed by atoms with E-state index >= 15 is 0 Å². The Morgan fingerprint density at radius 2 is 2.25 bits per heavy atom. The first-order chi connectivity index (χ1) is 9.45. The molecule has 5 heteroatoms. The lowest BCUT2D eigenvalue weighted by Gasteiger charge is -2.21. The second-order valence-corrected chi connectivity index (χ2v) is 5.61. The van der Waals surface area contributed by atoms with Gasteiger partial charge in [0, 0.05) is 25.5 Å². The van der Waals surface area contributed by atoms with E-state index in [2.05, 4.69) is 18.8 Å². The van der Waals surface area contributed by atoms with Crippen molar-refractivity contribution in [2.24, 2.45) is 5.92 Å². The van der Waals surface area contributed by atoms with E-state index in [-0.39, 0.29) is 6.54 Å². The molecule has 2 aromatic heterocycles. The average molecular weight is 275 g/mol. The minimum absolute atomic E-state index is 0.0467. The molecule has 5 nitrogen and oxygen atoms in total. The van der Waals surface area contributed by atoms with Gasteiger partial charge in [0.25, 0.3) is 0 Å². The van der Waals surface area contributed by atoms with Crippen molar-refractivity contribution in [1.82, 2.24) is 14.3 Å². The van der Waals surface area contributed by atoms with Crippen LogP contribution in [0.5, 0.6) is 0 Å². The first-order valence-electron chi connectivity index (χ1n) is 6.83. The van der Waals surface area contributed by atoms with Gasteiger partial charge in [0.15, 0.2) is 0 Å². The summed E-state index contributed by atoms with van der Waals surface area (Å²) in [4.78, 5) is 17.5. The van der Waals surface area contributed by atoms with Crippen LogP contribution in [0.1, 0.15) is 25.1 Å². The van der Waals surface area contributed by atoms with Crippen LogP contribution in [0, 0.1) is 12.8 Å². The molecule has 0 aromatic carbocycles. The number of carbonyl (C=O) groups is 1. The molecule has 0 unspecified atom stereocenters. The maximum absolute atomic E-state index is 10.9. The third-order valence-electron chi connectivity index (χ3n) is 3.10. The van der Waals surface area contributed by atoms with Crippen molar-refractivity contribution in [2.75, 3.05) is 13.1 Å². The van der Waals surface area contributed by atoms with Gasteiger partial charge < -0.3 is 9.51 Å². The highest BCUT2D eigenvalue weighted by Crippen LogP contribution is 2.12. The molecule has 0 aliphatic rings. The Labute approximate surface area is 118 Å². The Balaban J connectivity index is 2.19. The van der Waals surface area contributed by atoms with E-state index in [0.717, 1.165) is 23.4 Å². The fraction of sp³-hybridized carbons (Fsp3) is 0.467. The standard InChI is InChI=1S/C15H21N3O2/c1-11(2)7-17(10-14(19)20)8-13-9-18-6-4-5-12(3)15(18)16-13/h4-6,9,11H,7-8,10H2,1-3H3,(H,19,20). The van der Waals surface area contributed by atoms with Gasteiger partial charge in [0.05, 0.1) is 12.2 Å². The molecule has 108 valence electrons. The molecule has 0 amide bonds. The number of carboxylic acids is 1. The van der Waals surface area contributed by atoms with Gasteiger partial charge in [-0.2, -0.15) is 0 Å². The lowest BCUT2D eigenvalue weighted by molar-refractivity contribution is -0.138. The van der Waals surface area contributed by atoms with Crippen LogP contribution in [0.4, 0.5) is 0 Å². The molecule has 0 fully saturated rings. The van der Waals surface area contributed by atoms with Gasteiger partial charge in [-0.05, 0) is 24.5 Å². The van der Waals surface area contributed by atoms with E-state index < -0.39 is 5.97 Å². The van der Waals surface area contributed by atoms with Crippen molar-refractivity contribution in [3.63, 3.8) is 0 Å². The van der Waals surface area contributed by atoms with Crippen molar-refractivity contribution in [1.29, 1.82) is 0 Å². The number of hydrogen-bond donors (Lipinski definition) is 1. The second kappa shape index (κ2) is 6.05. The molecule has 0 saturated heterocycles. The Bertz CT molecular complexity index is 604. The molecule has 2 aromatic rings. The summed E-state index contributed by atoms with van der Waals surface area (Å²) in [6.45, 7) is 7.55. The van der Waals surface area contributed by atoms with Gasteiger partial charge >= 0.3 is 5.97 Å². The molecule has 0 saturated carbocycles. The molecule has 2 rings (SSSR count). The van der Waals surface area contributed by atoms with Gasteiger partial charge in [0.2, 0.25) is 0 Å². The Morgan fingerprint density at radius 3 is 2.85 bits per heavy atom. The van der Waals surface area contributed by atoms with Crippen LogP contribution >= 0.6 is 0 Å². The first kappa shape index (κ1) is 14.5. The van der Waals surface area contributed by atoms with Crippen LogP contribution in [0.25, 0.3) is 5.65 Å². The van der Waals surface area contributed by atoms with Crippen molar-refractivity contribution >= 4 is 11.6 Å². The summed E-state index contributed by atoms with van der Waals surface area (Å²) in [5, 5.41) is 8.99. The van der Waals surface area contributed by atoms with Crippen LogP contribution in [0.2, 0.25) is 0 Å². The molecule has 2 heterocycles. The maximum Gasteiger partial charge on any atom is 0.317 e. The molecule has 1 N–H and O–H groups in total. The third kappa shape index (κ3) is 3.57. The number of hydrogen-bond acceptors (Lipinski definition) is 3. The van der Waals surface area contributed by atoms with E-state index in [1.807, 2.05) is 40.8 Å². The fourth-order valence-electron chi connectivity index (χ4n) is 2.40. The Morgan fingerprint density at radius 1 is 1.50 bits per heavy atom. The minimum Gasteiger partial charge on any atom is -0.480 e. The molecular weight excluding hydrogens is 254 g/mol. The first-order valence-corrected chi connectivity index (χ1v) is 6.83. The van der Waals surface area contributed by atoms with E-state index in [1.54, 1.807) is 0 Å². The van der Waals surface area contributed by atoms with Crippen molar-refractivity contribution < 1.29 is 9.90 Å². The quantitative estimate of drug-likeness (QED) is 0.878. The number of imidazole rings is 1. The monoisotopic (exact) mass is 275 g/mol. The summed E-state index contributed by atoms with van der Waals surface area (Å²) >= 11 is 0. The van der Waals surface area contributed by atoms with E-state index in [0.29, 0.717) is 12.5 Å². The zero-order valence-electron chi connectivity index (χ0n) is 12.2. The number of pyridine rings is 1. The van der Waals surface area contributed by atoms with Crippen LogP contribution < -0.4 is 0 Å². The Kier molecular flexibility index (Phi) is 4.39. The zero-order chi connectivity index (χ0) is 14.7. The Hall–Kier alpha value is -1.88. The van der Waals surface area contributed by atoms with Gasteiger partial charge in [0.1, 0.15) is 5.65 Å². The lowest BCUT2D eigenvalue weighted by Crippen LogP contribution is -2.32. The summed E-state index contributed by atoms with van der Waals surface area (Å²) in [6, 6.07) is 4.01. The number of aromatic nitrogens is 2. The molecule has 0 aliphatic heterocycles. The average Bonchev–Trinajstić information content (AvgIpc) is 2.71. The van der Waals surface area contributed by atoms with Gasteiger partial charge in [-0.3, -0.25) is 9.69 Å². The molecule has 0 bridgehead atoms. The molecule has 0 aliphatic carbocycles. The van der Waals surface area contributed by atoms with Crippen molar-refractivity contribution in [2.45, 2.75) is 27.3 Å². The van der Waals surface area contributed by atoms with E-state index in [4.69, 9.17) is 5.11 Å². The highest BCUT2D eigenvalue weighted by atomic mass is 16.4. The number of aryl methyl sites for hydroxylation is 1. The van der Waals surface area contributed by atoms with Gasteiger partial charge in [-0.1, -0.05) is 19.9 Å². The number of fused-ring (bicyclic) bond motifs is 1. The van der Waals surface area contributed by atoms with E-state index in [9.17, 15) is 4.79 Å². The number of aliphatic carboxylic acids is 1. The largest absolute Gasteiger partial charge is 0.480 e. The molecule has 0 atom stereocenters. The topological polar surface area (TPSA) is 57.8 Å². The lowest BCUT2D eigenvalue weighted by atomic mass is 10.2. The van der Waals surface area contributed by atoms with Crippen LogP contribution in [-0.2, 0) is 11.3 Å². The van der Waals surface area contributed by atoms with Crippen LogP contribution in [0.3, 0.4) is 0 Å². The SMILES string of the molecule is Cc1cccn2cc(CN(CC(=O)O)CC(C)C)nc12. The summed E-state index contributed by atoms with van der Waals surface area (Å²) in [5.74, 6) is -0.376. The summed E-state index contributed by atoms with van der Waals surface area (Å²) in [7, 11) is 0. The maximum atomic E-state index is 10.9. The van der Waals surface area contributed by atoms with Crippen molar-refractivity contribution in [3.05, 3.63) is 35.8 Å². The number of carboxylic acid groups (broad SMARTS) is 1. The van der Waals surface area contributed by atoms with Gasteiger partial charge in [-0.25, -0.2) is 4.98 Å². The highest BCUT2D eigenvalue weighted by molar-refractivity contribution is 5.69. The fourth-order valence-corrected chi connectivity index (χ4v) is 2.40. The number of rotatable bonds is 6. The smallest absolute Gasteiger partial charge is 0.317 e. The molecular formula is C15H21N3O2. The molecule has 0 spiro atoms. The molecule has 0 radical (unpaired) electrons. The van der Waals surface area contributed by atoms with Crippen molar-refractivity contribution in [3.8, 4) is 0 Å². The van der Waals surface area contributed by atoms with Crippen LogP contribution in [0.15, 0.2) is 24.5 Å². The second-order valence-electron chi connectivity index (χ2n) is 5.61. The molecule has 20 heavy (non-hydrogen) atoms. The number of nitrogens with zero attached hydrogens (tertiary/aromatic N) is 3. The summed E-state index contributed by atoms with van der Waals surface area (Å²) in [5.41, 5.74) is 2.95. The minimum atomic E-state index is -0.800. The highest BCUT2D eigenvalue weighted by Gasteiger charge is 2.14. The van der Waals surface area contributed by atoms with Gasteiger partial charge in [-0.15, -0.1) is 0 Å². The normalized spacial score (nSPS) is 11.7. The van der Waals surface area contributed by atoms with Crippen LogP contribution in [-0.4, -0.2) is 38.4 Å². The predicted octanol–water partition coefficient (Wildman–Crippen LogP) is 2.19. The summed E-state index contributed by atoms with van der Waals surface area (Å²) < 4.78 is 1.99. The predicted molar refractivity (Wildman–Crippen MR) is 77.7 cm³/mol. The van der Waals surface area contributed by atoms with E-state index in [1.165, 1.54) is 0 Å². The summed E-state index contributed by atoms with van der Waals surface area (Å²) in [6.07, 6.45) is 3.93. The third-order valence-corrected chi connectivity index (χ3v) is 3.10. The zero-order valence-corrected chi connectivity index (χ0v) is 12.2.